The van der Waals surface area contributed by atoms with E-state index in [0.29, 0.717) is 25.3 Å². The first-order valence-corrected chi connectivity index (χ1v) is 8.20. The second-order valence-corrected chi connectivity index (χ2v) is 5.80. The van der Waals surface area contributed by atoms with Crippen LogP contribution in [-0.2, 0) is 14.3 Å². The van der Waals surface area contributed by atoms with Gasteiger partial charge in [0.1, 0.15) is 0 Å². The number of unbranched alkanes of at least 4 members (excludes halogenated alkanes) is 1. The van der Waals surface area contributed by atoms with Crippen LogP contribution in [0.4, 0.5) is 5.69 Å². The number of benzene rings is 1. The second-order valence-electron chi connectivity index (χ2n) is 5.80. The zero-order valence-corrected chi connectivity index (χ0v) is 14.6. The molecule has 0 heterocycles. The summed E-state index contributed by atoms with van der Waals surface area (Å²) in [5.74, 6) is -1.25. The van der Waals surface area contributed by atoms with E-state index in [-0.39, 0.29) is 0 Å². The van der Waals surface area contributed by atoms with Crippen molar-refractivity contribution in [3.05, 3.63) is 28.8 Å². The zero-order valence-electron chi connectivity index (χ0n) is 14.6. The second kappa shape index (κ2) is 10.0. The van der Waals surface area contributed by atoms with Gasteiger partial charge in [0.25, 0.3) is 0 Å². The van der Waals surface area contributed by atoms with Crippen LogP contribution in [0.2, 0.25) is 0 Å². The highest BCUT2D eigenvalue weighted by Crippen LogP contribution is 2.21. The van der Waals surface area contributed by atoms with Crippen LogP contribution in [0.3, 0.4) is 0 Å². The van der Waals surface area contributed by atoms with Crippen LogP contribution in [0.15, 0.2) is 12.1 Å². The van der Waals surface area contributed by atoms with Crippen molar-refractivity contribution in [3.63, 3.8) is 0 Å². The summed E-state index contributed by atoms with van der Waals surface area (Å²) in [7, 11) is 0. The van der Waals surface area contributed by atoms with Crippen molar-refractivity contribution in [2.45, 2.75) is 47.0 Å². The molecule has 1 aromatic rings. The number of aryl methyl sites for hydroxylation is 3. The van der Waals surface area contributed by atoms with Crippen LogP contribution in [0.1, 0.15) is 42.9 Å². The topological polar surface area (TPSA) is 67.4 Å². The van der Waals surface area contributed by atoms with Crippen LogP contribution in [0, 0.1) is 20.8 Å². The molecule has 0 fully saturated rings. The number of hydrogen-bond acceptors (Lipinski definition) is 3. The number of anilines is 1. The molecule has 1 rings (SSSR count). The molecule has 0 aromatic heterocycles. The molecule has 0 saturated heterocycles. The van der Waals surface area contributed by atoms with Crippen molar-refractivity contribution in [1.82, 2.24) is 5.32 Å². The van der Waals surface area contributed by atoms with Gasteiger partial charge in [-0.2, -0.15) is 0 Å². The number of carbonyl (C=O) groups excluding carboxylic acids is 2. The predicted octanol–water partition coefficient (Wildman–Crippen LogP) is 2.87. The molecule has 0 aliphatic rings. The molecule has 0 saturated carbocycles. The van der Waals surface area contributed by atoms with Gasteiger partial charge in [0.05, 0.1) is 0 Å². The number of hydrogen-bond donors (Lipinski definition) is 2. The van der Waals surface area contributed by atoms with Gasteiger partial charge >= 0.3 is 11.8 Å². The fourth-order valence-corrected chi connectivity index (χ4v) is 2.35. The van der Waals surface area contributed by atoms with Crippen LogP contribution in [-0.4, -0.2) is 31.6 Å². The minimum absolute atomic E-state index is 0.435. The molecule has 0 spiro atoms. The van der Waals surface area contributed by atoms with Crippen molar-refractivity contribution in [3.8, 4) is 0 Å². The molecule has 2 N–H and O–H groups in total. The van der Waals surface area contributed by atoms with Crippen LogP contribution >= 0.6 is 0 Å². The van der Waals surface area contributed by atoms with Gasteiger partial charge in [0, 0.05) is 25.4 Å². The summed E-state index contributed by atoms with van der Waals surface area (Å²) in [6, 6.07) is 3.96. The maximum Gasteiger partial charge on any atom is 0.313 e. The Kier molecular flexibility index (Phi) is 8.33. The SMILES string of the molecule is CCCCOCCCNC(=O)C(=O)Nc1c(C)cc(C)cc1C. The Morgan fingerprint density at radius 1 is 1.00 bits per heavy atom. The number of amides is 2. The van der Waals surface area contributed by atoms with Crippen molar-refractivity contribution >= 4 is 17.5 Å². The highest BCUT2D eigenvalue weighted by Gasteiger charge is 2.15. The molecule has 2 amide bonds. The van der Waals surface area contributed by atoms with E-state index in [4.69, 9.17) is 4.74 Å². The minimum atomic E-state index is -0.632. The van der Waals surface area contributed by atoms with Gasteiger partial charge in [-0.1, -0.05) is 31.0 Å². The van der Waals surface area contributed by atoms with Crippen LogP contribution in [0.25, 0.3) is 0 Å². The lowest BCUT2D eigenvalue weighted by Crippen LogP contribution is -2.36. The third-order valence-corrected chi connectivity index (χ3v) is 3.52. The van der Waals surface area contributed by atoms with Gasteiger partial charge in [0.2, 0.25) is 0 Å². The molecule has 0 unspecified atom stereocenters. The molecule has 5 nitrogen and oxygen atoms in total. The van der Waals surface area contributed by atoms with Gasteiger partial charge in [-0.15, -0.1) is 0 Å². The first-order valence-electron chi connectivity index (χ1n) is 8.20. The van der Waals surface area contributed by atoms with E-state index >= 15 is 0 Å². The summed E-state index contributed by atoms with van der Waals surface area (Å²) in [6.45, 7) is 9.72. The molecule has 23 heavy (non-hydrogen) atoms. The number of ether oxygens (including phenoxy) is 1. The average molecular weight is 320 g/mol. The quantitative estimate of drug-likeness (QED) is 0.572. The first-order chi connectivity index (χ1) is 11.0. The van der Waals surface area contributed by atoms with Crippen LogP contribution in [0.5, 0.6) is 0 Å². The van der Waals surface area contributed by atoms with E-state index in [1.165, 1.54) is 0 Å². The smallest absolute Gasteiger partial charge is 0.313 e. The molecule has 1 aromatic carbocycles. The van der Waals surface area contributed by atoms with Gasteiger partial charge in [-0.25, -0.2) is 0 Å². The molecule has 128 valence electrons. The molecule has 0 radical (unpaired) electrons. The Bertz CT molecular complexity index is 518. The van der Waals surface area contributed by atoms with Crippen molar-refractivity contribution in [1.29, 1.82) is 0 Å². The van der Waals surface area contributed by atoms with Crippen molar-refractivity contribution < 1.29 is 14.3 Å². The highest BCUT2D eigenvalue weighted by atomic mass is 16.5. The van der Waals surface area contributed by atoms with Crippen LogP contribution < -0.4 is 10.6 Å². The highest BCUT2D eigenvalue weighted by molar-refractivity contribution is 6.39. The maximum atomic E-state index is 12.0. The summed E-state index contributed by atoms with van der Waals surface area (Å²) in [6.07, 6.45) is 2.85. The standard InChI is InChI=1S/C18H28N2O3/c1-5-6-9-23-10-7-8-19-17(21)18(22)20-16-14(3)11-13(2)12-15(16)4/h11-12H,5-10H2,1-4H3,(H,19,21)(H,20,22). The lowest BCUT2D eigenvalue weighted by Gasteiger charge is -2.12. The predicted molar refractivity (Wildman–Crippen MR) is 92.6 cm³/mol. The number of carbonyl (C=O) groups is 2. The Labute approximate surface area is 138 Å². The van der Waals surface area contributed by atoms with E-state index in [2.05, 4.69) is 17.6 Å². The van der Waals surface area contributed by atoms with Gasteiger partial charge in [-0.05, 0) is 44.7 Å². The average Bonchev–Trinajstić information content (AvgIpc) is 2.49. The number of nitrogens with one attached hydrogen (secondary N) is 2. The molecular weight excluding hydrogens is 292 g/mol. The molecule has 0 bridgehead atoms. The molecule has 0 aliphatic carbocycles. The Balaban J connectivity index is 2.36. The summed E-state index contributed by atoms with van der Waals surface area (Å²) in [4.78, 5) is 23.8. The largest absolute Gasteiger partial charge is 0.381 e. The van der Waals surface area contributed by atoms with E-state index in [9.17, 15) is 9.59 Å². The summed E-state index contributed by atoms with van der Waals surface area (Å²) < 4.78 is 5.40. The first kappa shape index (κ1) is 19.2. The van der Waals surface area contributed by atoms with Crippen molar-refractivity contribution in [2.24, 2.45) is 0 Å². The third-order valence-electron chi connectivity index (χ3n) is 3.52. The molecule has 5 heteroatoms. The van der Waals surface area contributed by atoms with Gasteiger partial charge < -0.3 is 15.4 Å². The van der Waals surface area contributed by atoms with Crippen molar-refractivity contribution in [2.75, 3.05) is 25.1 Å². The third kappa shape index (κ3) is 6.82. The Morgan fingerprint density at radius 2 is 1.61 bits per heavy atom. The van der Waals surface area contributed by atoms with E-state index in [0.717, 1.165) is 36.1 Å². The number of rotatable bonds is 8. The van der Waals surface area contributed by atoms with Gasteiger partial charge in [-0.3, -0.25) is 9.59 Å². The minimum Gasteiger partial charge on any atom is -0.381 e. The summed E-state index contributed by atoms with van der Waals surface area (Å²) in [5, 5.41) is 5.30. The van der Waals surface area contributed by atoms with E-state index in [1.54, 1.807) is 0 Å². The monoisotopic (exact) mass is 320 g/mol. The molecular formula is C18H28N2O3. The van der Waals surface area contributed by atoms with Gasteiger partial charge in [0.15, 0.2) is 0 Å². The fraction of sp³-hybridized carbons (Fsp3) is 0.556. The zero-order chi connectivity index (χ0) is 17.2. The normalized spacial score (nSPS) is 10.4. The maximum absolute atomic E-state index is 12.0. The Hall–Kier alpha value is -1.88. The molecule has 0 atom stereocenters. The molecule has 0 aliphatic heterocycles. The fourth-order valence-electron chi connectivity index (χ4n) is 2.35. The van der Waals surface area contributed by atoms with E-state index in [1.807, 2.05) is 32.9 Å². The summed E-state index contributed by atoms with van der Waals surface area (Å²) in [5.41, 5.74) is 3.74. The van der Waals surface area contributed by atoms with E-state index < -0.39 is 11.8 Å². The summed E-state index contributed by atoms with van der Waals surface area (Å²) >= 11 is 0. The lowest BCUT2D eigenvalue weighted by molar-refractivity contribution is -0.136. The lowest BCUT2D eigenvalue weighted by atomic mass is 10.1. The Morgan fingerprint density at radius 3 is 2.22 bits per heavy atom.